The SMILES string of the molecule is CC(C)CNC(=O)C(Cc1ccccc1)N(Cc1ccc(F)cc1)C(=O)CCCN(c1cccc(C(F)(F)F)c1)S(C)(=O)=O. The number of hydrogen-bond acceptors (Lipinski definition) is 4. The zero-order valence-electron chi connectivity index (χ0n) is 24.9. The maximum atomic E-state index is 13.8. The Morgan fingerprint density at radius 3 is 2.16 bits per heavy atom. The molecule has 0 aliphatic heterocycles. The molecule has 44 heavy (non-hydrogen) atoms. The average Bonchev–Trinajstić information content (AvgIpc) is 2.96. The number of carbonyl (C=O) groups is 2. The number of benzene rings is 3. The summed E-state index contributed by atoms with van der Waals surface area (Å²) in [5.74, 6) is -1.15. The number of halogens is 4. The second kappa shape index (κ2) is 15.2. The third kappa shape index (κ3) is 10.4. The van der Waals surface area contributed by atoms with E-state index in [2.05, 4.69) is 5.32 Å². The molecule has 3 aromatic carbocycles. The van der Waals surface area contributed by atoms with E-state index in [0.29, 0.717) is 12.1 Å². The Hall–Kier alpha value is -3.93. The van der Waals surface area contributed by atoms with E-state index in [9.17, 15) is 35.6 Å². The van der Waals surface area contributed by atoms with Gasteiger partial charge in [-0.3, -0.25) is 13.9 Å². The third-order valence-electron chi connectivity index (χ3n) is 6.84. The summed E-state index contributed by atoms with van der Waals surface area (Å²) < 4.78 is 79.5. The van der Waals surface area contributed by atoms with Crippen molar-refractivity contribution in [1.29, 1.82) is 0 Å². The predicted molar refractivity (Wildman–Crippen MR) is 162 cm³/mol. The normalized spacial score (nSPS) is 12.5. The molecule has 0 radical (unpaired) electrons. The number of alkyl halides is 3. The minimum atomic E-state index is -4.67. The lowest BCUT2D eigenvalue weighted by Gasteiger charge is -2.32. The van der Waals surface area contributed by atoms with E-state index >= 15 is 0 Å². The summed E-state index contributed by atoms with van der Waals surface area (Å²) >= 11 is 0. The summed E-state index contributed by atoms with van der Waals surface area (Å²) in [4.78, 5) is 28.7. The van der Waals surface area contributed by atoms with Crippen LogP contribution in [0.15, 0.2) is 78.9 Å². The molecule has 0 heterocycles. The molecule has 0 aliphatic carbocycles. The second-order valence-electron chi connectivity index (χ2n) is 11.0. The minimum Gasteiger partial charge on any atom is -0.354 e. The van der Waals surface area contributed by atoms with E-state index < -0.39 is 39.5 Å². The van der Waals surface area contributed by atoms with Gasteiger partial charge in [0.25, 0.3) is 0 Å². The quantitative estimate of drug-likeness (QED) is 0.227. The van der Waals surface area contributed by atoms with E-state index in [4.69, 9.17) is 0 Å². The molecule has 1 N–H and O–H groups in total. The van der Waals surface area contributed by atoms with Crippen LogP contribution in [0.2, 0.25) is 0 Å². The average molecular weight is 636 g/mol. The zero-order chi connectivity index (χ0) is 32.5. The van der Waals surface area contributed by atoms with Crippen molar-refractivity contribution in [2.75, 3.05) is 23.7 Å². The molecule has 238 valence electrons. The van der Waals surface area contributed by atoms with Crippen molar-refractivity contribution in [3.05, 3.63) is 101 Å². The lowest BCUT2D eigenvalue weighted by atomic mass is 10.0. The van der Waals surface area contributed by atoms with E-state index in [-0.39, 0.29) is 49.9 Å². The second-order valence-corrected chi connectivity index (χ2v) is 12.9. The molecular weight excluding hydrogens is 598 g/mol. The molecule has 0 fully saturated rings. The van der Waals surface area contributed by atoms with Crippen molar-refractivity contribution in [3.8, 4) is 0 Å². The van der Waals surface area contributed by atoms with Gasteiger partial charge in [-0.25, -0.2) is 12.8 Å². The Morgan fingerprint density at radius 1 is 0.909 bits per heavy atom. The lowest BCUT2D eigenvalue weighted by molar-refractivity contribution is -0.141. The molecular formula is C32H37F4N3O4S. The van der Waals surface area contributed by atoms with Crippen molar-refractivity contribution in [3.63, 3.8) is 0 Å². The molecule has 1 unspecified atom stereocenters. The van der Waals surface area contributed by atoms with Crippen molar-refractivity contribution >= 4 is 27.5 Å². The van der Waals surface area contributed by atoms with Crippen LogP contribution in [-0.4, -0.2) is 50.5 Å². The van der Waals surface area contributed by atoms with Gasteiger partial charge < -0.3 is 10.2 Å². The van der Waals surface area contributed by atoms with E-state index in [1.807, 2.05) is 44.2 Å². The van der Waals surface area contributed by atoms with Gasteiger partial charge in [0.1, 0.15) is 11.9 Å². The van der Waals surface area contributed by atoms with Crippen LogP contribution in [0.5, 0.6) is 0 Å². The fourth-order valence-corrected chi connectivity index (χ4v) is 5.56. The van der Waals surface area contributed by atoms with Crippen LogP contribution in [0, 0.1) is 11.7 Å². The van der Waals surface area contributed by atoms with Crippen molar-refractivity contribution in [2.45, 2.75) is 51.9 Å². The summed E-state index contributed by atoms with van der Waals surface area (Å²) in [5.41, 5.74) is 0.215. The summed E-state index contributed by atoms with van der Waals surface area (Å²) in [6.45, 7) is 3.97. The Bertz CT molecular complexity index is 1500. The zero-order valence-corrected chi connectivity index (χ0v) is 25.7. The molecule has 1 atom stereocenters. The van der Waals surface area contributed by atoms with Gasteiger partial charge in [-0.1, -0.05) is 62.4 Å². The smallest absolute Gasteiger partial charge is 0.354 e. The molecule has 3 aromatic rings. The van der Waals surface area contributed by atoms with Crippen LogP contribution in [0.3, 0.4) is 0 Å². The topological polar surface area (TPSA) is 86.8 Å². The third-order valence-corrected chi connectivity index (χ3v) is 8.03. The molecule has 0 spiro atoms. The highest BCUT2D eigenvalue weighted by Gasteiger charge is 2.33. The largest absolute Gasteiger partial charge is 0.416 e. The highest BCUT2D eigenvalue weighted by molar-refractivity contribution is 7.92. The number of rotatable bonds is 14. The van der Waals surface area contributed by atoms with Gasteiger partial charge in [0.2, 0.25) is 21.8 Å². The first-order valence-electron chi connectivity index (χ1n) is 14.2. The highest BCUT2D eigenvalue weighted by atomic mass is 32.2. The van der Waals surface area contributed by atoms with Crippen molar-refractivity contribution in [1.82, 2.24) is 10.2 Å². The first kappa shape index (κ1) is 34.6. The maximum Gasteiger partial charge on any atom is 0.416 e. The Balaban J connectivity index is 1.89. The molecule has 0 bridgehead atoms. The van der Waals surface area contributed by atoms with Crippen molar-refractivity contribution < 1.29 is 35.6 Å². The van der Waals surface area contributed by atoms with Gasteiger partial charge in [-0.05, 0) is 53.8 Å². The number of sulfonamides is 1. The van der Waals surface area contributed by atoms with Crippen LogP contribution < -0.4 is 9.62 Å². The fraction of sp³-hybridized carbons (Fsp3) is 0.375. The highest BCUT2D eigenvalue weighted by Crippen LogP contribution is 2.32. The van der Waals surface area contributed by atoms with Crippen molar-refractivity contribution in [2.24, 2.45) is 5.92 Å². The summed E-state index contributed by atoms with van der Waals surface area (Å²) in [6.07, 6.45) is -3.83. The molecule has 7 nitrogen and oxygen atoms in total. The molecule has 2 amide bonds. The van der Waals surface area contributed by atoms with Gasteiger partial charge in [-0.2, -0.15) is 13.2 Å². The number of hydrogen-bond donors (Lipinski definition) is 1. The first-order chi connectivity index (χ1) is 20.6. The number of carbonyl (C=O) groups excluding carboxylic acids is 2. The molecule has 12 heteroatoms. The molecule has 0 aliphatic rings. The van der Waals surface area contributed by atoms with Gasteiger partial charge in [0, 0.05) is 32.5 Å². The lowest BCUT2D eigenvalue weighted by Crippen LogP contribution is -2.51. The number of amides is 2. The van der Waals surface area contributed by atoms with Crippen LogP contribution in [0.4, 0.5) is 23.2 Å². The standard InChI is InChI=1S/C32H37F4N3O4S/c1-23(2)21-37-31(41)29(19-24-9-5-4-6-10-24)38(22-25-14-16-27(33)17-15-25)30(40)13-8-18-39(44(3,42)43)28-12-7-11-26(20-28)32(34,35)36/h4-7,9-12,14-17,20,23,29H,8,13,18-19,21-22H2,1-3H3,(H,37,41). The van der Waals surface area contributed by atoms with Gasteiger partial charge in [-0.15, -0.1) is 0 Å². The predicted octanol–water partition coefficient (Wildman–Crippen LogP) is 5.80. The molecule has 0 saturated carbocycles. The Kier molecular flexibility index (Phi) is 11.9. The minimum absolute atomic E-state index is 0.0187. The summed E-state index contributed by atoms with van der Waals surface area (Å²) in [6, 6.07) is 17.7. The van der Waals surface area contributed by atoms with E-state index in [1.165, 1.54) is 35.2 Å². The monoisotopic (exact) mass is 635 g/mol. The Labute approximate surface area is 255 Å². The number of nitrogens with zero attached hydrogens (tertiary/aromatic N) is 2. The molecule has 0 aromatic heterocycles. The first-order valence-corrected chi connectivity index (χ1v) is 16.0. The van der Waals surface area contributed by atoms with Crippen LogP contribution in [0.25, 0.3) is 0 Å². The molecule has 3 rings (SSSR count). The van der Waals surface area contributed by atoms with Crippen LogP contribution >= 0.6 is 0 Å². The van der Waals surface area contributed by atoms with E-state index in [1.54, 1.807) is 0 Å². The van der Waals surface area contributed by atoms with Gasteiger partial charge in [0.05, 0.1) is 17.5 Å². The fourth-order valence-electron chi connectivity index (χ4n) is 4.60. The van der Waals surface area contributed by atoms with Crippen LogP contribution in [-0.2, 0) is 38.8 Å². The summed E-state index contributed by atoms with van der Waals surface area (Å²) in [7, 11) is -4.00. The van der Waals surface area contributed by atoms with Gasteiger partial charge in [0.15, 0.2) is 0 Å². The number of nitrogens with one attached hydrogen (secondary N) is 1. The van der Waals surface area contributed by atoms with E-state index in [0.717, 1.165) is 34.3 Å². The van der Waals surface area contributed by atoms with Crippen LogP contribution in [0.1, 0.15) is 43.4 Å². The summed E-state index contributed by atoms with van der Waals surface area (Å²) in [5, 5.41) is 2.89. The molecule has 0 saturated heterocycles. The van der Waals surface area contributed by atoms with Gasteiger partial charge >= 0.3 is 6.18 Å². The number of anilines is 1. The Morgan fingerprint density at radius 2 is 1.57 bits per heavy atom. The maximum absolute atomic E-state index is 13.8.